The molecule has 0 fully saturated rings. The zero-order valence-corrected chi connectivity index (χ0v) is 15.8. The number of anilines is 2. The van der Waals surface area contributed by atoms with Crippen LogP contribution in [0.25, 0.3) is 0 Å². The topological polar surface area (TPSA) is 67.9 Å². The van der Waals surface area contributed by atoms with E-state index in [1.807, 2.05) is 38.1 Å². The second kappa shape index (κ2) is 8.12. The van der Waals surface area contributed by atoms with Gasteiger partial charge >= 0.3 is 0 Å². The number of nitrogens with one attached hydrogen (secondary N) is 1. The van der Waals surface area contributed by atoms with Crippen LogP contribution in [0.2, 0.25) is 0 Å². The van der Waals surface area contributed by atoms with Crippen molar-refractivity contribution in [1.29, 1.82) is 0 Å². The van der Waals surface area contributed by atoms with Crippen molar-refractivity contribution >= 4 is 23.2 Å². The lowest BCUT2D eigenvalue weighted by Gasteiger charge is -2.24. The lowest BCUT2D eigenvalue weighted by atomic mass is 10.1. The number of nitrogens with zero attached hydrogens (tertiary/aromatic N) is 1. The summed E-state index contributed by atoms with van der Waals surface area (Å²) in [5, 5.41) is 2.92. The van der Waals surface area contributed by atoms with Gasteiger partial charge in [0, 0.05) is 25.1 Å². The van der Waals surface area contributed by atoms with Crippen LogP contribution in [0.15, 0.2) is 42.5 Å². The lowest BCUT2D eigenvalue weighted by Crippen LogP contribution is -2.44. The zero-order valence-electron chi connectivity index (χ0n) is 15.8. The highest BCUT2D eigenvalue weighted by atomic mass is 16.5. The van der Waals surface area contributed by atoms with Crippen LogP contribution in [-0.2, 0) is 16.0 Å². The molecule has 0 radical (unpaired) electrons. The van der Waals surface area contributed by atoms with Crippen LogP contribution in [-0.4, -0.2) is 31.1 Å². The van der Waals surface area contributed by atoms with E-state index in [1.54, 1.807) is 23.1 Å². The molecule has 0 saturated heterocycles. The summed E-state index contributed by atoms with van der Waals surface area (Å²) in [6.45, 7) is 6.26. The van der Waals surface area contributed by atoms with E-state index < -0.39 is 6.04 Å². The summed E-state index contributed by atoms with van der Waals surface area (Å²) in [7, 11) is 0. The first-order chi connectivity index (χ1) is 13.0. The van der Waals surface area contributed by atoms with Crippen molar-refractivity contribution in [1.82, 2.24) is 0 Å². The molecule has 1 N–H and O–H groups in total. The molecule has 1 unspecified atom stereocenters. The third kappa shape index (κ3) is 3.89. The summed E-state index contributed by atoms with van der Waals surface area (Å²) < 4.78 is 11.1. The number of fused-ring (bicyclic) bond motifs is 1. The molecule has 1 heterocycles. The smallest absolute Gasteiger partial charge is 0.248 e. The van der Waals surface area contributed by atoms with Gasteiger partial charge < -0.3 is 14.8 Å². The van der Waals surface area contributed by atoms with Crippen LogP contribution in [0, 0.1) is 0 Å². The number of para-hydroxylation sites is 1. The van der Waals surface area contributed by atoms with Crippen LogP contribution in [0.3, 0.4) is 0 Å². The summed E-state index contributed by atoms with van der Waals surface area (Å²) in [5.74, 6) is 0.803. The Bertz CT molecular complexity index is 850. The molecule has 0 aromatic heterocycles. The highest BCUT2D eigenvalue weighted by Crippen LogP contribution is 2.34. The maximum Gasteiger partial charge on any atom is 0.248 e. The van der Waals surface area contributed by atoms with Gasteiger partial charge in [-0.3, -0.25) is 14.5 Å². The molecule has 0 spiro atoms. The van der Waals surface area contributed by atoms with Gasteiger partial charge in [-0.25, -0.2) is 0 Å². The second-order valence-electron chi connectivity index (χ2n) is 6.25. The molecule has 1 aliphatic rings. The molecular formula is C21H24N2O4. The van der Waals surface area contributed by atoms with Gasteiger partial charge in [-0.05, 0) is 37.6 Å². The van der Waals surface area contributed by atoms with Gasteiger partial charge in [0.2, 0.25) is 11.8 Å². The Hall–Kier alpha value is -3.02. The molecule has 142 valence electrons. The number of benzene rings is 2. The zero-order chi connectivity index (χ0) is 19.4. The van der Waals surface area contributed by atoms with Crippen LogP contribution >= 0.6 is 0 Å². The predicted molar refractivity (Wildman–Crippen MR) is 105 cm³/mol. The Kier molecular flexibility index (Phi) is 5.64. The minimum absolute atomic E-state index is 0.159. The molecule has 6 nitrogen and oxygen atoms in total. The standard InChI is InChI=1S/C21H24N2O4/c1-4-26-16-10-11-20(27-5-2)17(13-16)22-21(25)19-12-15-8-6-7-9-18(15)23(19)14(3)24/h6-11,13,19H,4-5,12H2,1-3H3,(H,22,25). The summed E-state index contributed by atoms with van der Waals surface area (Å²) in [4.78, 5) is 26.8. The van der Waals surface area contributed by atoms with E-state index in [0.717, 1.165) is 11.3 Å². The Morgan fingerprint density at radius 2 is 1.85 bits per heavy atom. The molecule has 27 heavy (non-hydrogen) atoms. The molecule has 6 heteroatoms. The van der Waals surface area contributed by atoms with Gasteiger partial charge in [-0.2, -0.15) is 0 Å². The number of hydrogen-bond donors (Lipinski definition) is 1. The van der Waals surface area contributed by atoms with Crippen molar-refractivity contribution in [2.24, 2.45) is 0 Å². The first kappa shape index (κ1) is 18.8. The fourth-order valence-electron chi connectivity index (χ4n) is 3.35. The molecule has 2 aromatic rings. The van der Waals surface area contributed by atoms with E-state index >= 15 is 0 Å². The Balaban J connectivity index is 1.87. The van der Waals surface area contributed by atoms with Crippen molar-refractivity contribution in [3.63, 3.8) is 0 Å². The lowest BCUT2D eigenvalue weighted by molar-refractivity contribution is -0.122. The monoisotopic (exact) mass is 368 g/mol. The van der Waals surface area contributed by atoms with Crippen LogP contribution < -0.4 is 19.7 Å². The van der Waals surface area contributed by atoms with Crippen molar-refractivity contribution in [3.05, 3.63) is 48.0 Å². The Morgan fingerprint density at radius 3 is 2.56 bits per heavy atom. The number of carbonyl (C=O) groups is 2. The molecule has 0 aliphatic carbocycles. The maximum absolute atomic E-state index is 13.0. The summed E-state index contributed by atoms with van der Waals surface area (Å²) in [6.07, 6.45) is 0.483. The average molecular weight is 368 g/mol. The number of rotatable bonds is 6. The molecular weight excluding hydrogens is 344 g/mol. The van der Waals surface area contributed by atoms with Crippen molar-refractivity contribution in [3.8, 4) is 11.5 Å². The number of amides is 2. The normalized spacial score (nSPS) is 15.2. The average Bonchev–Trinajstić information content (AvgIpc) is 3.04. The Labute approximate surface area is 159 Å². The molecule has 2 aromatic carbocycles. The summed E-state index contributed by atoms with van der Waals surface area (Å²) in [5.41, 5.74) is 2.31. The minimum Gasteiger partial charge on any atom is -0.494 e. The highest BCUT2D eigenvalue weighted by Gasteiger charge is 2.37. The van der Waals surface area contributed by atoms with E-state index in [0.29, 0.717) is 36.8 Å². The van der Waals surface area contributed by atoms with Gasteiger partial charge in [0.25, 0.3) is 0 Å². The summed E-state index contributed by atoms with van der Waals surface area (Å²) in [6, 6.07) is 12.3. The number of hydrogen-bond acceptors (Lipinski definition) is 4. The quantitative estimate of drug-likeness (QED) is 0.849. The van der Waals surface area contributed by atoms with E-state index in [2.05, 4.69) is 5.32 Å². The van der Waals surface area contributed by atoms with Gasteiger partial charge in [0.15, 0.2) is 0 Å². The fourth-order valence-corrected chi connectivity index (χ4v) is 3.35. The molecule has 2 amide bonds. The van der Waals surface area contributed by atoms with E-state index in [1.165, 1.54) is 6.92 Å². The molecule has 3 rings (SSSR count). The maximum atomic E-state index is 13.0. The number of ether oxygens (including phenoxy) is 2. The third-order valence-corrected chi connectivity index (χ3v) is 4.44. The van der Waals surface area contributed by atoms with Crippen molar-refractivity contribution < 1.29 is 19.1 Å². The van der Waals surface area contributed by atoms with Crippen molar-refractivity contribution in [2.45, 2.75) is 33.2 Å². The van der Waals surface area contributed by atoms with Gasteiger partial charge in [-0.15, -0.1) is 0 Å². The first-order valence-electron chi connectivity index (χ1n) is 9.13. The van der Waals surface area contributed by atoms with Crippen LogP contribution in [0.1, 0.15) is 26.3 Å². The highest BCUT2D eigenvalue weighted by molar-refractivity contribution is 6.07. The van der Waals surface area contributed by atoms with Gasteiger partial charge in [-0.1, -0.05) is 18.2 Å². The SMILES string of the molecule is CCOc1ccc(OCC)c(NC(=O)C2Cc3ccccc3N2C(C)=O)c1. The van der Waals surface area contributed by atoms with E-state index in [9.17, 15) is 9.59 Å². The van der Waals surface area contributed by atoms with Crippen LogP contribution in [0.5, 0.6) is 11.5 Å². The third-order valence-electron chi connectivity index (χ3n) is 4.44. The second-order valence-corrected chi connectivity index (χ2v) is 6.25. The summed E-state index contributed by atoms with van der Waals surface area (Å²) >= 11 is 0. The molecule has 1 atom stereocenters. The largest absolute Gasteiger partial charge is 0.494 e. The minimum atomic E-state index is -0.592. The predicted octanol–water partition coefficient (Wildman–Crippen LogP) is 3.40. The molecule has 0 bridgehead atoms. The molecule has 0 saturated carbocycles. The fraction of sp³-hybridized carbons (Fsp3) is 0.333. The van der Waals surface area contributed by atoms with Gasteiger partial charge in [0.05, 0.1) is 18.9 Å². The van der Waals surface area contributed by atoms with Crippen molar-refractivity contribution in [2.75, 3.05) is 23.4 Å². The number of carbonyl (C=O) groups excluding carboxylic acids is 2. The van der Waals surface area contributed by atoms with E-state index in [-0.39, 0.29) is 11.8 Å². The Morgan fingerprint density at radius 1 is 1.11 bits per heavy atom. The molecule has 1 aliphatic heterocycles. The first-order valence-corrected chi connectivity index (χ1v) is 9.13. The van der Waals surface area contributed by atoms with E-state index in [4.69, 9.17) is 9.47 Å². The van der Waals surface area contributed by atoms with Crippen LogP contribution in [0.4, 0.5) is 11.4 Å². The van der Waals surface area contributed by atoms with Gasteiger partial charge in [0.1, 0.15) is 17.5 Å².